The van der Waals surface area contributed by atoms with Gasteiger partial charge in [0.05, 0.1) is 44.6 Å². The van der Waals surface area contributed by atoms with Gasteiger partial charge in [0.2, 0.25) is 0 Å². The quantitative estimate of drug-likeness (QED) is 0.267. The van der Waals surface area contributed by atoms with Gasteiger partial charge < -0.3 is 28.6 Å². The number of amides is 1. The van der Waals surface area contributed by atoms with Crippen LogP contribution in [-0.2, 0) is 27.4 Å². The van der Waals surface area contributed by atoms with E-state index in [1.807, 2.05) is 65.6 Å². The average Bonchev–Trinajstić information content (AvgIpc) is 3.03. The third-order valence-corrected chi connectivity index (χ3v) is 7.72. The van der Waals surface area contributed by atoms with Gasteiger partial charge in [-0.3, -0.25) is 4.90 Å². The molecule has 1 saturated heterocycles. The number of rotatable bonds is 11. The van der Waals surface area contributed by atoms with Gasteiger partial charge in [0.15, 0.2) is 0 Å². The Hall–Kier alpha value is -3.75. The second kappa shape index (κ2) is 14.2. The zero-order chi connectivity index (χ0) is 28.4. The highest BCUT2D eigenvalue weighted by Gasteiger charge is 2.34. The van der Waals surface area contributed by atoms with Crippen molar-refractivity contribution >= 4 is 11.8 Å². The van der Waals surface area contributed by atoms with Crippen molar-refractivity contribution in [3.05, 3.63) is 89.5 Å². The summed E-state index contributed by atoms with van der Waals surface area (Å²) in [6, 6.07) is 23.8. The van der Waals surface area contributed by atoms with Crippen LogP contribution in [0, 0.1) is 0 Å². The summed E-state index contributed by atoms with van der Waals surface area (Å²) in [6.07, 6.45) is 2.16. The maximum absolute atomic E-state index is 13.4. The van der Waals surface area contributed by atoms with Gasteiger partial charge in [0.1, 0.15) is 24.7 Å². The van der Waals surface area contributed by atoms with E-state index >= 15 is 0 Å². The standard InChI is InChI=1S/C33H40N2O6/c1-37-19-6-17-34-18-20-39-32-16-9-26(21-31(32)34)24-40-29-14-15-30(27-10-12-28(38-2)13-11-27)35(22-29)33(36)41-23-25-7-4-3-5-8-25/h3-5,7-13,16,21,29-30H,6,14-15,17-20,22-24H2,1-2H3. The molecule has 2 aliphatic heterocycles. The first-order valence-corrected chi connectivity index (χ1v) is 14.4. The molecule has 2 heterocycles. The largest absolute Gasteiger partial charge is 0.497 e. The molecule has 0 N–H and O–H groups in total. The summed E-state index contributed by atoms with van der Waals surface area (Å²) in [5.41, 5.74) is 4.20. The highest BCUT2D eigenvalue weighted by atomic mass is 16.6. The highest BCUT2D eigenvalue weighted by molar-refractivity contribution is 5.68. The summed E-state index contributed by atoms with van der Waals surface area (Å²) in [5, 5.41) is 0. The monoisotopic (exact) mass is 560 g/mol. The minimum Gasteiger partial charge on any atom is -0.497 e. The van der Waals surface area contributed by atoms with Gasteiger partial charge in [-0.2, -0.15) is 0 Å². The Balaban J connectivity index is 1.25. The number of anilines is 1. The second-order valence-electron chi connectivity index (χ2n) is 10.5. The van der Waals surface area contributed by atoms with Gasteiger partial charge in [-0.05, 0) is 60.2 Å². The van der Waals surface area contributed by atoms with Gasteiger partial charge >= 0.3 is 6.09 Å². The fourth-order valence-electron chi connectivity index (χ4n) is 5.50. The van der Waals surface area contributed by atoms with Gasteiger partial charge in [-0.15, -0.1) is 0 Å². The molecular weight excluding hydrogens is 520 g/mol. The van der Waals surface area contributed by atoms with Gasteiger partial charge in [-0.1, -0.05) is 48.5 Å². The van der Waals surface area contributed by atoms with Crippen molar-refractivity contribution in [3.8, 4) is 11.5 Å². The lowest BCUT2D eigenvalue weighted by Crippen LogP contribution is -2.45. The summed E-state index contributed by atoms with van der Waals surface area (Å²) in [6.45, 7) is 4.35. The number of methoxy groups -OCH3 is 2. The zero-order valence-corrected chi connectivity index (χ0v) is 24.0. The van der Waals surface area contributed by atoms with E-state index in [1.54, 1.807) is 14.2 Å². The molecule has 0 aliphatic carbocycles. The Morgan fingerprint density at radius 3 is 2.56 bits per heavy atom. The molecule has 1 fully saturated rings. The third-order valence-electron chi connectivity index (χ3n) is 7.72. The topological polar surface area (TPSA) is 69.7 Å². The number of hydrogen-bond donors (Lipinski definition) is 0. The van der Waals surface area contributed by atoms with Gasteiger partial charge in [0, 0.05) is 20.3 Å². The summed E-state index contributed by atoms with van der Waals surface area (Å²) < 4.78 is 28.6. The minimum atomic E-state index is -0.333. The Labute approximate surface area is 242 Å². The molecule has 0 spiro atoms. The maximum Gasteiger partial charge on any atom is 0.410 e. The van der Waals surface area contributed by atoms with Crippen molar-refractivity contribution in [2.24, 2.45) is 0 Å². The first-order chi connectivity index (χ1) is 20.1. The molecular formula is C33H40N2O6. The molecule has 0 radical (unpaired) electrons. The summed E-state index contributed by atoms with van der Waals surface area (Å²) in [5.74, 6) is 1.70. The highest BCUT2D eigenvalue weighted by Crippen LogP contribution is 2.35. The number of likely N-dealkylation sites (tertiary alicyclic amines) is 1. The van der Waals surface area contributed by atoms with Crippen LogP contribution in [0.3, 0.4) is 0 Å². The predicted molar refractivity (Wildman–Crippen MR) is 158 cm³/mol. The normalized spacial score (nSPS) is 18.4. The van der Waals surface area contributed by atoms with E-state index in [2.05, 4.69) is 17.0 Å². The number of fused-ring (bicyclic) bond motifs is 1. The molecule has 3 aromatic carbocycles. The Bertz CT molecular complexity index is 1250. The van der Waals surface area contributed by atoms with Crippen molar-refractivity contribution in [2.75, 3.05) is 52.0 Å². The lowest BCUT2D eigenvalue weighted by Gasteiger charge is -2.39. The van der Waals surface area contributed by atoms with Crippen LogP contribution in [0.25, 0.3) is 0 Å². The molecule has 3 aromatic rings. The van der Waals surface area contributed by atoms with E-state index in [9.17, 15) is 4.79 Å². The van der Waals surface area contributed by atoms with Crippen LogP contribution in [0.15, 0.2) is 72.8 Å². The predicted octanol–water partition coefficient (Wildman–Crippen LogP) is 5.99. The molecule has 41 heavy (non-hydrogen) atoms. The van der Waals surface area contributed by atoms with Crippen LogP contribution in [0.1, 0.15) is 42.0 Å². The van der Waals surface area contributed by atoms with Gasteiger partial charge in [0.25, 0.3) is 0 Å². The van der Waals surface area contributed by atoms with Crippen LogP contribution >= 0.6 is 0 Å². The van der Waals surface area contributed by atoms with Crippen LogP contribution in [0.4, 0.5) is 10.5 Å². The Kier molecular flexibility index (Phi) is 9.99. The zero-order valence-electron chi connectivity index (χ0n) is 24.0. The minimum absolute atomic E-state index is 0.0921. The van der Waals surface area contributed by atoms with E-state index in [-0.39, 0.29) is 24.8 Å². The van der Waals surface area contributed by atoms with E-state index in [4.69, 9.17) is 23.7 Å². The van der Waals surface area contributed by atoms with Crippen molar-refractivity contribution < 1.29 is 28.5 Å². The second-order valence-corrected chi connectivity index (χ2v) is 10.5. The molecule has 0 aromatic heterocycles. The number of carbonyl (C=O) groups excluding carboxylic acids is 1. The van der Waals surface area contributed by atoms with Crippen LogP contribution in [0.2, 0.25) is 0 Å². The average molecular weight is 561 g/mol. The van der Waals surface area contributed by atoms with Crippen LogP contribution < -0.4 is 14.4 Å². The fourth-order valence-corrected chi connectivity index (χ4v) is 5.50. The molecule has 8 heteroatoms. The molecule has 2 unspecified atom stereocenters. The first-order valence-electron chi connectivity index (χ1n) is 14.4. The molecule has 2 atom stereocenters. The molecule has 218 valence electrons. The van der Waals surface area contributed by atoms with Crippen molar-refractivity contribution in [1.82, 2.24) is 4.90 Å². The Morgan fingerprint density at radius 1 is 0.951 bits per heavy atom. The smallest absolute Gasteiger partial charge is 0.410 e. The van der Waals surface area contributed by atoms with E-state index < -0.39 is 0 Å². The van der Waals surface area contributed by atoms with E-state index in [0.717, 1.165) is 72.8 Å². The third kappa shape index (κ3) is 7.51. The molecule has 5 rings (SSSR count). The summed E-state index contributed by atoms with van der Waals surface area (Å²) in [4.78, 5) is 17.6. The fraction of sp³-hybridized carbons (Fsp3) is 0.424. The molecule has 1 amide bonds. The van der Waals surface area contributed by atoms with Gasteiger partial charge in [-0.25, -0.2) is 4.79 Å². The van der Waals surface area contributed by atoms with Crippen molar-refractivity contribution in [3.63, 3.8) is 0 Å². The number of piperidine rings is 1. The van der Waals surface area contributed by atoms with Crippen LogP contribution in [0.5, 0.6) is 11.5 Å². The lowest BCUT2D eigenvalue weighted by molar-refractivity contribution is -0.0289. The molecule has 0 saturated carbocycles. The number of benzene rings is 3. The van der Waals surface area contributed by atoms with Crippen molar-refractivity contribution in [2.45, 2.75) is 44.6 Å². The number of nitrogens with zero attached hydrogens (tertiary/aromatic N) is 2. The molecule has 8 nitrogen and oxygen atoms in total. The summed E-state index contributed by atoms with van der Waals surface area (Å²) in [7, 11) is 3.39. The number of hydrogen-bond acceptors (Lipinski definition) is 7. The molecule has 2 aliphatic rings. The molecule has 0 bridgehead atoms. The van der Waals surface area contributed by atoms with Crippen molar-refractivity contribution in [1.29, 1.82) is 0 Å². The van der Waals surface area contributed by atoms with E-state index in [1.165, 1.54) is 0 Å². The SMILES string of the molecule is COCCCN1CCOc2ccc(COC3CCC(c4ccc(OC)cc4)N(C(=O)OCc4ccccc4)C3)cc21. The Morgan fingerprint density at radius 2 is 1.78 bits per heavy atom. The van der Waals surface area contributed by atoms with E-state index in [0.29, 0.717) is 19.8 Å². The number of ether oxygens (including phenoxy) is 5. The first kappa shape index (κ1) is 28.8. The summed E-state index contributed by atoms with van der Waals surface area (Å²) >= 11 is 0. The van der Waals surface area contributed by atoms with Crippen LogP contribution in [-0.4, -0.2) is 64.2 Å². The maximum atomic E-state index is 13.4. The lowest BCUT2D eigenvalue weighted by atomic mass is 9.94. The number of carbonyl (C=O) groups is 1.